The van der Waals surface area contributed by atoms with Crippen molar-refractivity contribution in [1.82, 2.24) is 5.32 Å². The molecule has 0 aromatic carbocycles. The quantitative estimate of drug-likeness (QED) is 0.793. The van der Waals surface area contributed by atoms with Crippen LogP contribution in [0.25, 0.3) is 0 Å². The van der Waals surface area contributed by atoms with Crippen molar-refractivity contribution in [3.05, 3.63) is 18.4 Å². The van der Waals surface area contributed by atoms with Gasteiger partial charge in [-0.05, 0) is 25.3 Å². The van der Waals surface area contributed by atoms with Crippen LogP contribution in [0.15, 0.2) is 23.4 Å². The van der Waals surface area contributed by atoms with Crippen molar-refractivity contribution in [2.24, 2.45) is 4.99 Å². The molecule has 4 heteroatoms. The Labute approximate surface area is 113 Å². The van der Waals surface area contributed by atoms with Gasteiger partial charge in [-0.3, -0.25) is 9.79 Å². The molecule has 0 radical (unpaired) electrons. The minimum absolute atomic E-state index is 0.0897. The van der Waals surface area contributed by atoms with Gasteiger partial charge in [0.1, 0.15) is 4.75 Å². The number of amidine groups is 1. The van der Waals surface area contributed by atoms with Crippen LogP contribution in [0.5, 0.6) is 0 Å². The molecular formula is C14H20N2OS. The van der Waals surface area contributed by atoms with Gasteiger partial charge in [0.25, 0.3) is 0 Å². The standard InChI is InChI=1S/C14H20N2OS/c1-3-7-11(8-4-2)15-13-16-12(17)14(18-13)9-5-6-10-14/h7,11H,1,4-6,8-10H2,2H3,(H,15,16,17). The molecular weight excluding hydrogens is 244 g/mol. The third-order valence-corrected chi connectivity index (χ3v) is 4.90. The molecule has 1 heterocycles. The smallest absolute Gasteiger partial charge is 0.242 e. The van der Waals surface area contributed by atoms with Crippen LogP contribution in [-0.4, -0.2) is 21.9 Å². The zero-order valence-electron chi connectivity index (χ0n) is 10.9. The summed E-state index contributed by atoms with van der Waals surface area (Å²) >= 11 is 1.63. The second-order valence-corrected chi connectivity index (χ2v) is 6.29. The molecule has 18 heavy (non-hydrogen) atoms. The fourth-order valence-corrected chi connectivity index (χ4v) is 3.91. The van der Waals surface area contributed by atoms with E-state index in [-0.39, 0.29) is 16.7 Å². The molecule has 2 fully saturated rings. The van der Waals surface area contributed by atoms with E-state index in [2.05, 4.69) is 29.5 Å². The molecule has 98 valence electrons. The zero-order chi connectivity index (χ0) is 13.0. The summed E-state index contributed by atoms with van der Waals surface area (Å²) in [6.07, 6.45) is 8.18. The van der Waals surface area contributed by atoms with Gasteiger partial charge in [0.05, 0.1) is 6.04 Å². The van der Waals surface area contributed by atoms with Crippen molar-refractivity contribution < 1.29 is 4.79 Å². The minimum atomic E-state index is -0.215. The lowest BCUT2D eigenvalue weighted by atomic mass is 10.1. The first kappa shape index (κ1) is 13.4. The molecule has 1 saturated carbocycles. The number of amides is 1. The summed E-state index contributed by atoms with van der Waals surface area (Å²) in [5, 5.41) is 3.72. The first-order valence-electron chi connectivity index (χ1n) is 6.64. The highest BCUT2D eigenvalue weighted by atomic mass is 32.2. The Balaban J connectivity index is 2.10. The van der Waals surface area contributed by atoms with Gasteiger partial charge in [-0.1, -0.05) is 44.5 Å². The second kappa shape index (κ2) is 5.77. The van der Waals surface area contributed by atoms with E-state index in [1.807, 2.05) is 6.08 Å². The molecule has 0 aromatic heterocycles. The molecule has 1 aliphatic carbocycles. The first-order chi connectivity index (χ1) is 8.70. The predicted molar refractivity (Wildman–Crippen MR) is 76.8 cm³/mol. The zero-order valence-corrected chi connectivity index (χ0v) is 11.7. The summed E-state index contributed by atoms with van der Waals surface area (Å²) < 4.78 is -0.215. The molecule has 1 unspecified atom stereocenters. The number of nitrogens with zero attached hydrogens (tertiary/aromatic N) is 1. The third-order valence-electron chi connectivity index (χ3n) is 3.52. The summed E-state index contributed by atoms with van der Waals surface area (Å²) in [5.41, 5.74) is 2.79. The number of nitrogens with one attached hydrogen (secondary N) is 1. The highest BCUT2D eigenvalue weighted by Crippen LogP contribution is 2.45. The van der Waals surface area contributed by atoms with E-state index < -0.39 is 0 Å². The summed E-state index contributed by atoms with van der Waals surface area (Å²) in [5.74, 6) is 0.154. The van der Waals surface area contributed by atoms with E-state index in [9.17, 15) is 4.79 Å². The number of thioether (sulfide) groups is 1. The number of rotatable bonds is 4. The Kier molecular flexibility index (Phi) is 4.31. The SMILES string of the molecule is C=C=CC(CCC)N=C1NC(=O)C2(CCCC2)S1. The molecule has 0 bridgehead atoms. The Bertz CT molecular complexity index is 404. The fourth-order valence-electron chi connectivity index (χ4n) is 2.57. The number of hydrogen-bond acceptors (Lipinski definition) is 3. The Morgan fingerprint density at radius 1 is 1.61 bits per heavy atom. The summed E-state index contributed by atoms with van der Waals surface area (Å²) in [7, 11) is 0. The summed E-state index contributed by atoms with van der Waals surface area (Å²) in [4.78, 5) is 16.7. The molecule has 3 nitrogen and oxygen atoms in total. The molecule has 1 N–H and O–H groups in total. The minimum Gasteiger partial charge on any atom is -0.304 e. The summed E-state index contributed by atoms with van der Waals surface area (Å²) in [6, 6.07) is 0.0897. The largest absolute Gasteiger partial charge is 0.304 e. The Morgan fingerprint density at radius 2 is 2.33 bits per heavy atom. The van der Waals surface area contributed by atoms with Gasteiger partial charge in [0.15, 0.2) is 5.17 Å². The van der Waals surface area contributed by atoms with Gasteiger partial charge in [0, 0.05) is 0 Å². The number of aliphatic imine (C=N–C) groups is 1. The maximum Gasteiger partial charge on any atom is 0.242 e. The molecule has 1 amide bonds. The molecule has 2 rings (SSSR count). The lowest BCUT2D eigenvalue weighted by Crippen LogP contribution is -2.33. The van der Waals surface area contributed by atoms with Gasteiger partial charge in [-0.25, -0.2) is 0 Å². The van der Waals surface area contributed by atoms with Crippen molar-refractivity contribution in [2.45, 2.75) is 56.2 Å². The van der Waals surface area contributed by atoms with E-state index in [1.165, 1.54) is 0 Å². The van der Waals surface area contributed by atoms with Crippen LogP contribution in [0.1, 0.15) is 45.4 Å². The number of hydrogen-bond donors (Lipinski definition) is 1. The molecule has 1 aliphatic heterocycles. The normalized spacial score (nSPS) is 25.2. The predicted octanol–water partition coefficient (Wildman–Crippen LogP) is 3.03. The molecule has 2 aliphatic rings. The van der Waals surface area contributed by atoms with Crippen molar-refractivity contribution >= 4 is 22.8 Å². The van der Waals surface area contributed by atoms with Crippen LogP contribution in [0, 0.1) is 0 Å². The van der Waals surface area contributed by atoms with Gasteiger partial charge < -0.3 is 5.32 Å². The van der Waals surface area contributed by atoms with Crippen molar-refractivity contribution in [2.75, 3.05) is 0 Å². The van der Waals surface area contributed by atoms with Crippen molar-refractivity contribution in [3.63, 3.8) is 0 Å². The second-order valence-electron chi connectivity index (χ2n) is 4.92. The monoisotopic (exact) mass is 264 g/mol. The van der Waals surface area contributed by atoms with E-state index in [0.717, 1.165) is 43.7 Å². The summed E-state index contributed by atoms with van der Waals surface area (Å²) in [6.45, 7) is 5.73. The molecule has 1 saturated heterocycles. The topological polar surface area (TPSA) is 41.5 Å². The first-order valence-corrected chi connectivity index (χ1v) is 7.46. The van der Waals surface area contributed by atoms with Gasteiger partial charge in [-0.2, -0.15) is 0 Å². The van der Waals surface area contributed by atoms with Crippen LogP contribution in [0.2, 0.25) is 0 Å². The fraction of sp³-hybridized carbons (Fsp3) is 0.643. The average Bonchev–Trinajstić information content (AvgIpc) is 2.90. The van der Waals surface area contributed by atoms with Gasteiger partial charge >= 0.3 is 0 Å². The van der Waals surface area contributed by atoms with E-state index in [0.29, 0.717) is 0 Å². The van der Waals surface area contributed by atoms with Crippen LogP contribution in [-0.2, 0) is 4.79 Å². The van der Waals surface area contributed by atoms with Gasteiger partial charge in [0.2, 0.25) is 5.91 Å². The van der Waals surface area contributed by atoms with Gasteiger partial charge in [-0.15, -0.1) is 5.73 Å². The molecule has 1 atom stereocenters. The molecule has 0 aromatic rings. The van der Waals surface area contributed by atoms with E-state index in [4.69, 9.17) is 0 Å². The highest BCUT2D eigenvalue weighted by molar-refractivity contribution is 8.16. The van der Waals surface area contributed by atoms with E-state index >= 15 is 0 Å². The molecule has 1 spiro atoms. The average molecular weight is 264 g/mol. The lowest BCUT2D eigenvalue weighted by Gasteiger charge is -2.15. The van der Waals surface area contributed by atoms with Crippen molar-refractivity contribution in [1.29, 1.82) is 0 Å². The Morgan fingerprint density at radius 3 is 2.94 bits per heavy atom. The Hall–Kier alpha value is -0.990. The third kappa shape index (κ3) is 2.70. The number of carbonyl (C=O) groups is 1. The lowest BCUT2D eigenvalue weighted by molar-refractivity contribution is -0.121. The van der Waals surface area contributed by atoms with Crippen molar-refractivity contribution in [3.8, 4) is 0 Å². The number of carbonyl (C=O) groups excluding carboxylic acids is 1. The van der Waals surface area contributed by atoms with Crippen LogP contribution < -0.4 is 5.32 Å². The maximum atomic E-state index is 12.1. The van der Waals surface area contributed by atoms with Crippen LogP contribution in [0.4, 0.5) is 0 Å². The maximum absolute atomic E-state index is 12.1. The highest BCUT2D eigenvalue weighted by Gasteiger charge is 2.48. The van der Waals surface area contributed by atoms with Crippen LogP contribution in [0.3, 0.4) is 0 Å². The van der Waals surface area contributed by atoms with E-state index in [1.54, 1.807) is 11.8 Å². The van der Waals surface area contributed by atoms with Crippen LogP contribution >= 0.6 is 11.8 Å².